The van der Waals surface area contributed by atoms with E-state index in [1.165, 1.54) is 12.1 Å². The minimum atomic E-state index is -4.43. The molecule has 23 heavy (non-hydrogen) atoms. The van der Waals surface area contributed by atoms with E-state index in [0.29, 0.717) is 0 Å². The Labute approximate surface area is 130 Å². The zero-order chi connectivity index (χ0) is 16.9. The highest BCUT2D eigenvalue weighted by Gasteiger charge is 2.28. The molecule has 0 bridgehead atoms. The Kier molecular flexibility index (Phi) is 5.15. The first-order chi connectivity index (χ1) is 10.8. The van der Waals surface area contributed by atoms with Crippen LogP contribution >= 0.6 is 0 Å². The van der Waals surface area contributed by atoms with Crippen molar-refractivity contribution in [1.29, 1.82) is 0 Å². The molecule has 0 aliphatic carbocycles. The van der Waals surface area contributed by atoms with Crippen LogP contribution in [0.1, 0.15) is 28.9 Å². The minimum Gasteiger partial charge on any atom is -0.468 e. The average molecular weight is 325 g/mol. The van der Waals surface area contributed by atoms with Crippen LogP contribution in [0.4, 0.5) is 13.2 Å². The van der Waals surface area contributed by atoms with Crippen molar-refractivity contribution in [2.45, 2.75) is 19.1 Å². The Morgan fingerprint density at radius 2 is 2.09 bits per heavy atom. The third-order valence-electron chi connectivity index (χ3n) is 2.91. The van der Waals surface area contributed by atoms with E-state index in [1.54, 1.807) is 25.4 Å². The van der Waals surface area contributed by atoms with Crippen LogP contribution in [0.25, 0.3) is 0 Å². The molecule has 2 aromatic rings. The fourth-order valence-electron chi connectivity index (χ4n) is 1.75. The topological polar surface area (TPSA) is 64.1 Å². The molecule has 0 fully saturated rings. The third kappa shape index (κ3) is 5.24. The lowest BCUT2D eigenvalue weighted by atomic mass is 10.1. The molecule has 0 aromatic carbocycles. The number of carbonyl (C=O) groups is 1. The number of alkyl halides is 3. The molecular weight excluding hydrogens is 311 g/mol. The maximum Gasteiger partial charge on any atom is 0.422 e. The first kappa shape index (κ1) is 16.7. The van der Waals surface area contributed by atoms with Gasteiger partial charge in [0.25, 0.3) is 5.91 Å². The van der Waals surface area contributed by atoms with Crippen molar-refractivity contribution in [2.75, 3.05) is 6.61 Å². The quantitative estimate of drug-likeness (QED) is 0.918. The number of rotatable bonds is 5. The number of halogens is 3. The van der Waals surface area contributed by atoms with Gasteiger partial charge in [0.1, 0.15) is 0 Å². The van der Waals surface area contributed by atoms with Gasteiger partial charge in [-0.1, -0.05) is 6.07 Å². The van der Waals surface area contributed by atoms with E-state index in [0.717, 1.165) is 11.8 Å². The van der Waals surface area contributed by atoms with Crippen LogP contribution in [0.3, 0.4) is 0 Å². The summed E-state index contributed by atoms with van der Waals surface area (Å²) in [5.74, 6) is -0.588. The summed E-state index contributed by atoms with van der Waals surface area (Å²) in [6.07, 6.45) is -0.00716. The largest absolute Gasteiger partial charge is 0.468 e. The molecule has 122 valence electrons. The lowest BCUT2D eigenvalue weighted by Crippen LogP contribution is -2.26. The van der Waals surface area contributed by atoms with Crippen molar-refractivity contribution in [3.8, 4) is 5.88 Å². The lowest BCUT2D eigenvalue weighted by molar-refractivity contribution is -0.154. The molecule has 0 saturated heterocycles. The molecular formula is C15H14F3N3O2. The number of nitrogens with one attached hydrogen (secondary N) is 1. The van der Waals surface area contributed by atoms with Gasteiger partial charge in [0.05, 0.1) is 11.6 Å². The summed E-state index contributed by atoms with van der Waals surface area (Å²) in [5.41, 5.74) is 1.05. The smallest absolute Gasteiger partial charge is 0.422 e. The van der Waals surface area contributed by atoms with Crippen molar-refractivity contribution in [3.05, 3.63) is 54.0 Å². The van der Waals surface area contributed by atoms with Crippen molar-refractivity contribution in [1.82, 2.24) is 15.3 Å². The maximum atomic E-state index is 12.1. The van der Waals surface area contributed by atoms with Gasteiger partial charge in [-0.3, -0.25) is 9.78 Å². The average Bonchev–Trinajstić information content (AvgIpc) is 2.53. The highest BCUT2D eigenvalue weighted by molar-refractivity contribution is 5.94. The summed E-state index contributed by atoms with van der Waals surface area (Å²) in [6, 6.07) is 5.88. The number of nitrogens with zero attached hydrogens (tertiary/aromatic N) is 2. The van der Waals surface area contributed by atoms with Crippen LogP contribution in [0.15, 0.2) is 42.9 Å². The number of aromatic nitrogens is 2. The van der Waals surface area contributed by atoms with Gasteiger partial charge in [-0.05, 0) is 24.6 Å². The van der Waals surface area contributed by atoms with Gasteiger partial charge in [0, 0.05) is 24.7 Å². The Morgan fingerprint density at radius 3 is 2.65 bits per heavy atom. The van der Waals surface area contributed by atoms with E-state index in [-0.39, 0.29) is 17.5 Å². The molecule has 5 nitrogen and oxygen atoms in total. The molecule has 1 atom stereocenters. The molecule has 2 rings (SSSR count). The minimum absolute atomic E-state index is 0.195. The summed E-state index contributed by atoms with van der Waals surface area (Å²) >= 11 is 0. The maximum absolute atomic E-state index is 12.1. The Hall–Kier alpha value is -2.64. The highest BCUT2D eigenvalue weighted by atomic mass is 19.4. The van der Waals surface area contributed by atoms with Gasteiger partial charge in [-0.15, -0.1) is 0 Å². The van der Waals surface area contributed by atoms with Crippen molar-refractivity contribution in [2.24, 2.45) is 0 Å². The van der Waals surface area contributed by atoms with E-state index < -0.39 is 18.7 Å². The van der Waals surface area contributed by atoms with Gasteiger partial charge < -0.3 is 10.1 Å². The predicted octanol–water partition coefficient (Wildman–Crippen LogP) is 2.91. The number of hydrogen-bond acceptors (Lipinski definition) is 4. The SMILES string of the molecule is CC(NC(=O)c1ccc(OCC(F)(F)F)nc1)c1cccnc1. The van der Waals surface area contributed by atoms with E-state index in [2.05, 4.69) is 20.0 Å². The fraction of sp³-hybridized carbons (Fsp3) is 0.267. The van der Waals surface area contributed by atoms with Gasteiger partial charge in [0.2, 0.25) is 5.88 Å². The Morgan fingerprint density at radius 1 is 1.30 bits per heavy atom. The van der Waals surface area contributed by atoms with Crippen LogP contribution in [-0.2, 0) is 0 Å². The summed E-state index contributed by atoms with van der Waals surface area (Å²) in [4.78, 5) is 19.7. The summed E-state index contributed by atoms with van der Waals surface area (Å²) in [5, 5.41) is 2.75. The number of amides is 1. The van der Waals surface area contributed by atoms with Crippen LogP contribution in [-0.4, -0.2) is 28.7 Å². The second-order valence-electron chi connectivity index (χ2n) is 4.77. The lowest BCUT2D eigenvalue weighted by Gasteiger charge is -2.14. The van der Waals surface area contributed by atoms with Crippen LogP contribution < -0.4 is 10.1 Å². The zero-order valence-electron chi connectivity index (χ0n) is 12.2. The van der Waals surface area contributed by atoms with E-state index in [9.17, 15) is 18.0 Å². The molecule has 0 aliphatic heterocycles. The van der Waals surface area contributed by atoms with Crippen LogP contribution in [0.2, 0.25) is 0 Å². The normalized spacial score (nSPS) is 12.5. The number of pyridine rings is 2. The van der Waals surface area contributed by atoms with Gasteiger partial charge >= 0.3 is 6.18 Å². The molecule has 8 heteroatoms. The van der Waals surface area contributed by atoms with Crippen molar-refractivity contribution >= 4 is 5.91 Å². The second kappa shape index (κ2) is 7.08. The van der Waals surface area contributed by atoms with Crippen LogP contribution in [0.5, 0.6) is 5.88 Å². The first-order valence-corrected chi connectivity index (χ1v) is 6.71. The van der Waals surface area contributed by atoms with Crippen molar-refractivity contribution < 1.29 is 22.7 Å². The third-order valence-corrected chi connectivity index (χ3v) is 2.91. The van der Waals surface area contributed by atoms with Gasteiger partial charge in [-0.25, -0.2) is 4.98 Å². The summed E-state index contributed by atoms with van der Waals surface area (Å²) in [7, 11) is 0. The standard InChI is InChI=1S/C15H14F3N3O2/c1-10(11-3-2-6-19-7-11)21-14(22)12-4-5-13(20-8-12)23-9-15(16,17)18/h2-8,10H,9H2,1H3,(H,21,22). The van der Waals surface area contributed by atoms with Gasteiger partial charge in [0.15, 0.2) is 6.61 Å². The Bertz CT molecular complexity index is 645. The molecule has 0 spiro atoms. The number of hydrogen-bond donors (Lipinski definition) is 1. The number of carbonyl (C=O) groups excluding carboxylic acids is 1. The molecule has 0 aliphatic rings. The monoisotopic (exact) mass is 325 g/mol. The molecule has 2 aromatic heterocycles. The van der Waals surface area contributed by atoms with Gasteiger partial charge in [-0.2, -0.15) is 13.2 Å². The van der Waals surface area contributed by atoms with Crippen molar-refractivity contribution in [3.63, 3.8) is 0 Å². The molecule has 1 amide bonds. The number of ether oxygens (including phenoxy) is 1. The zero-order valence-corrected chi connectivity index (χ0v) is 12.2. The first-order valence-electron chi connectivity index (χ1n) is 6.71. The highest BCUT2D eigenvalue weighted by Crippen LogP contribution is 2.17. The van der Waals surface area contributed by atoms with E-state index in [4.69, 9.17) is 0 Å². The second-order valence-corrected chi connectivity index (χ2v) is 4.77. The molecule has 0 saturated carbocycles. The summed E-state index contributed by atoms with van der Waals surface area (Å²) < 4.78 is 40.6. The van der Waals surface area contributed by atoms with E-state index in [1.807, 2.05) is 6.07 Å². The molecule has 1 unspecified atom stereocenters. The van der Waals surface area contributed by atoms with E-state index >= 15 is 0 Å². The fourth-order valence-corrected chi connectivity index (χ4v) is 1.75. The molecule has 1 N–H and O–H groups in total. The summed E-state index contributed by atoms with van der Waals surface area (Å²) in [6.45, 7) is 0.368. The molecule has 2 heterocycles. The van der Waals surface area contributed by atoms with Crippen LogP contribution in [0, 0.1) is 0 Å². The molecule has 0 radical (unpaired) electrons. The predicted molar refractivity (Wildman–Crippen MR) is 75.9 cm³/mol. The Balaban J connectivity index is 1.95.